The fourth-order valence-corrected chi connectivity index (χ4v) is 1.94. The Kier molecular flexibility index (Phi) is 5.00. The highest BCUT2D eigenvalue weighted by atomic mass is 16.5. The number of aliphatic hydroxyl groups is 1. The Hall–Kier alpha value is -2.41. The van der Waals surface area contributed by atoms with Crippen LogP contribution >= 0.6 is 0 Å². The third kappa shape index (κ3) is 4.29. The highest BCUT2D eigenvalue weighted by molar-refractivity contribution is 5.55. The molecule has 2 rings (SSSR count). The van der Waals surface area contributed by atoms with Crippen molar-refractivity contribution >= 4 is 11.5 Å². The number of nitrogens with one attached hydrogen (secondary N) is 1. The summed E-state index contributed by atoms with van der Waals surface area (Å²) < 4.78 is 6.93. The Morgan fingerprint density at radius 2 is 2.13 bits per heavy atom. The predicted octanol–water partition coefficient (Wildman–Crippen LogP) is 1.63. The number of nitrogens with zero attached hydrogens (tertiary/aromatic N) is 3. The molecule has 2 aromatic rings. The topological polar surface area (TPSA) is 89.3 Å². The summed E-state index contributed by atoms with van der Waals surface area (Å²) in [6.45, 7) is 5.45. The van der Waals surface area contributed by atoms with Crippen molar-refractivity contribution in [3.63, 3.8) is 0 Å². The summed E-state index contributed by atoms with van der Waals surface area (Å²) in [5.74, 6) is 1.08. The summed E-state index contributed by atoms with van der Waals surface area (Å²) in [4.78, 5) is 16.3. The van der Waals surface area contributed by atoms with Crippen molar-refractivity contribution in [3.05, 3.63) is 40.4 Å². The molecule has 0 amide bonds. The van der Waals surface area contributed by atoms with Crippen molar-refractivity contribution in [2.24, 2.45) is 7.05 Å². The molecule has 0 aliphatic carbocycles. The Morgan fingerprint density at radius 1 is 1.39 bits per heavy atom. The molecule has 0 unspecified atom stereocenters. The second-order valence-corrected chi connectivity index (χ2v) is 5.86. The monoisotopic (exact) mass is 318 g/mol. The molecule has 0 saturated heterocycles. The molecule has 2 aromatic heterocycles. The molecule has 2 heterocycles. The van der Waals surface area contributed by atoms with Gasteiger partial charge in [-0.1, -0.05) is 6.92 Å². The lowest BCUT2D eigenvalue weighted by Gasteiger charge is -2.23. The molecule has 7 nitrogen and oxygen atoms in total. The number of aromatic nitrogens is 3. The van der Waals surface area contributed by atoms with Crippen molar-refractivity contribution in [2.75, 3.05) is 11.9 Å². The van der Waals surface area contributed by atoms with E-state index in [1.807, 2.05) is 6.92 Å². The number of pyridine rings is 1. The summed E-state index contributed by atoms with van der Waals surface area (Å²) in [6, 6.07) is 5.18. The molecular weight excluding hydrogens is 296 g/mol. The van der Waals surface area contributed by atoms with Crippen LogP contribution in [0.3, 0.4) is 0 Å². The van der Waals surface area contributed by atoms with Gasteiger partial charge in [0.1, 0.15) is 22.9 Å². The first-order chi connectivity index (χ1) is 10.8. The molecule has 0 aromatic carbocycles. The van der Waals surface area contributed by atoms with Gasteiger partial charge in [-0.2, -0.15) is 5.10 Å². The first kappa shape index (κ1) is 17.0. The fourth-order valence-electron chi connectivity index (χ4n) is 1.94. The van der Waals surface area contributed by atoms with Gasteiger partial charge in [-0.3, -0.25) is 4.79 Å². The van der Waals surface area contributed by atoms with Gasteiger partial charge < -0.3 is 15.2 Å². The van der Waals surface area contributed by atoms with Crippen LogP contribution in [0.25, 0.3) is 0 Å². The van der Waals surface area contributed by atoms with Crippen molar-refractivity contribution in [1.82, 2.24) is 14.8 Å². The van der Waals surface area contributed by atoms with E-state index in [9.17, 15) is 9.90 Å². The van der Waals surface area contributed by atoms with Gasteiger partial charge in [0.2, 0.25) is 0 Å². The zero-order chi connectivity index (χ0) is 17.0. The van der Waals surface area contributed by atoms with Crippen molar-refractivity contribution in [2.45, 2.75) is 32.8 Å². The van der Waals surface area contributed by atoms with Crippen molar-refractivity contribution in [1.29, 1.82) is 0 Å². The van der Waals surface area contributed by atoms with Crippen LogP contribution in [-0.2, 0) is 13.5 Å². The molecule has 0 aliphatic heterocycles. The maximum Gasteiger partial charge on any atom is 0.290 e. The summed E-state index contributed by atoms with van der Waals surface area (Å²) in [7, 11) is 1.62. The van der Waals surface area contributed by atoms with E-state index in [0.717, 1.165) is 12.1 Å². The third-order valence-corrected chi connectivity index (χ3v) is 3.25. The normalized spacial score (nSPS) is 11.3. The molecule has 124 valence electrons. The van der Waals surface area contributed by atoms with Gasteiger partial charge in [-0.25, -0.2) is 9.67 Å². The quantitative estimate of drug-likeness (QED) is 0.841. The molecular formula is C16H22N4O3. The molecule has 0 fully saturated rings. The van der Waals surface area contributed by atoms with E-state index < -0.39 is 5.60 Å². The maximum absolute atomic E-state index is 12.1. The van der Waals surface area contributed by atoms with Crippen LogP contribution in [-0.4, -0.2) is 32.1 Å². The number of aryl methyl sites for hydroxylation is 2. The van der Waals surface area contributed by atoms with Crippen LogP contribution in [0, 0.1) is 0 Å². The summed E-state index contributed by atoms with van der Waals surface area (Å²) in [5, 5.41) is 16.4. The second-order valence-electron chi connectivity index (χ2n) is 5.86. The summed E-state index contributed by atoms with van der Waals surface area (Å²) in [6.07, 6.45) is 2.28. The average Bonchev–Trinajstić information content (AvgIpc) is 2.53. The van der Waals surface area contributed by atoms with E-state index in [1.165, 1.54) is 4.68 Å². The molecule has 0 atom stereocenters. The Bertz CT molecular complexity index is 723. The maximum atomic E-state index is 12.1. The van der Waals surface area contributed by atoms with E-state index in [1.54, 1.807) is 45.3 Å². The summed E-state index contributed by atoms with van der Waals surface area (Å²) >= 11 is 0. The standard InChI is InChI=1S/C16H22N4O3/c1-5-11-8-13(15(22)20(4)19-11)18-14-7-6-12(9-17-14)23-16(2,3)10-21/h6-9,21H,5,10H2,1-4H3,(H,17,18). The van der Waals surface area contributed by atoms with Crippen LogP contribution in [0.5, 0.6) is 5.75 Å². The Balaban J connectivity index is 2.19. The minimum atomic E-state index is -0.673. The van der Waals surface area contributed by atoms with Crippen LogP contribution < -0.4 is 15.6 Å². The average molecular weight is 318 g/mol. The second kappa shape index (κ2) is 6.78. The van der Waals surface area contributed by atoms with Crippen molar-refractivity contribution in [3.8, 4) is 5.75 Å². The minimum Gasteiger partial charge on any atom is -0.484 e. The van der Waals surface area contributed by atoms with E-state index in [2.05, 4.69) is 15.4 Å². The van der Waals surface area contributed by atoms with E-state index in [0.29, 0.717) is 17.3 Å². The number of rotatable bonds is 6. The number of anilines is 2. The van der Waals surface area contributed by atoms with Gasteiger partial charge in [0.25, 0.3) is 5.56 Å². The first-order valence-corrected chi connectivity index (χ1v) is 7.45. The molecule has 0 spiro atoms. The highest BCUT2D eigenvalue weighted by Crippen LogP contribution is 2.19. The Morgan fingerprint density at radius 3 is 2.70 bits per heavy atom. The van der Waals surface area contributed by atoms with Gasteiger partial charge in [0.05, 0.1) is 18.5 Å². The van der Waals surface area contributed by atoms with E-state index in [4.69, 9.17) is 4.74 Å². The van der Waals surface area contributed by atoms with Crippen molar-refractivity contribution < 1.29 is 9.84 Å². The lowest BCUT2D eigenvalue weighted by molar-refractivity contribution is 0.0410. The molecule has 0 radical (unpaired) electrons. The van der Waals surface area contributed by atoms with Gasteiger partial charge in [0.15, 0.2) is 0 Å². The minimum absolute atomic E-state index is 0.0974. The Labute approximate surface area is 134 Å². The smallest absolute Gasteiger partial charge is 0.290 e. The number of ether oxygens (including phenoxy) is 1. The molecule has 2 N–H and O–H groups in total. The number of aliphatic hydroxyl groups excluding tert-OH is 1. The first-order valence-electron chi connectivity index (χ1n) is 7.45. The van der Waals surface area contributed by atoms with E-state index in [-0.39, 0.29) is 12.2 Å². The third-order valence-electron chi connectivity index (χ3n) is 3.25. The predicted molar refractivity (Wildman–Crippen MR) is 88.2 cm³/mol. The largest absolute Gasteiger partial charge is 0.484 e. The zero-order valence-corrected chi connectivity index (χ0v) is 13.8. The highest BCUT2D eigenvalue weighted by Gasteiger charge is 2.18. The van der Waals surface area contributed by atoms with Crippen LogP contribution in [0.2, 0.25) is 0 Å². The molecule has 0 aliphatic rings. The summed E-state index contributed by atoms with van der Waals surface area (Å²) in [5.41, 5.74) is 0.356. The number of hydrogen-bond acceptors (Lipinski definition) is 6. The fraction of sp³-hybridized carbons (Fsp3) is 0.438. The zero-order valence-electron chi connectivity index (χ0n) is 13.8. The van der Waals surface area contributed by atoms with Gasteiger partial charge in [-0.05, 0) is 38.5 Å². The molecule has 0 bridgehead atoms. The molecule has 0 saturated carbocycles. The number of hydrogen-bond donors (Lipinski definition) is 2. The molecule has 23 heavy (non-hydrogen) atoms. The van der Waals surface area contributed by atoms with Crippen LogP contribution in [0.4, 0.5) is 11.5 Å². The van der Waals surface area contributed by atoms with Gasteiger partial charge >= 0.3 is 0 Å². The van der Waals surface area contributed by atoms with E-state index >= 15 is 0 Å². The lowest BCUT2D eigenvalue weighted by atomic mass is 10.1. The van der Waals surface area contributed by atoms with Gasteiger partial charge in [-0.15, -0.1) is 0 Å². The van der Waals surface area contributed by atoms with Crippen LogP contribution in [0.1, 0.15) is 26.5 Å². The van der Waals surface area contributed by atoms with Gasteiger partial charge in [0, 0.05) is 7.05 Å². The lowest BCUT2D eigenvalue weighted by Crippen LogP contribution is -2.32. The molecule has 7 heteroatoms. The SMILES string of the molecule is CCc1cc(Nc2ccc(OC(C)(C)CO)cn2)c(=O)n(C)n1. The van der Waals surface area contributed by atoms with Crippen LogP contribution in [0.15, 0.2) is 29.2 Å².